The van der Waals surface area contributed by atoms with Crippen LogP contribution in [0.25, 0.3) is 11.3 Å². The molecular weight excluding hydrogens is 480 g/mol. The van der Waals surface area contributed by atoms with Crippen molar-refractivity contribution in [3.63, 3.8) is 0 Å². The van der Waals surface area contributed by atoms with Crippen molar-refractivity contribution in [1.82, 2.24) is 24.8 Å². The number of nitrogens with zero attached hydrogens (tertiary/aromatic N) is 5. The van der Waals surface area contributed by atoms with Crippen LogP contribution < -0.4 is 10.6 Å². The van der Waals surface area contributed by atoms with Gasteiger partial charge in [0.15, 0.2) is 0 Å². The van der Waals surface area contributed by atoms with Crippen LogP contribution in [0.3, 0.4) is 0 Å². The van der Waals surface area contributed by atoms with E-state index in [1.54, 1.807) is 36.5 Å². The molecule has 2 aliphatic rings. The van der Waals surface area contributed by atoms with Gasteiger partial charge >= 0.3 is 0 Å². The van der Waals surface area contributed by atoms with Gasteiger partial charge < -0.3 is 20.1 Å². The van der Waals surface area contributed by atoms with Gasteiger partial charge in [0, 0.05) is 61.5 Å². The van der Waals surface area contributed by atoms with Crippen LogP contribution in [-0.4, -0.2) is 56.8 Å². The first kappa shape index (κ1) is 24.4. The molecule has 1 atom stereocenters. The number of amides is 2. The minimum Gasteiger partial charge on any atom is -0.352 e. The fourth-order valence-electron chi connectivity index (χ4n) is 4.55. The fraction of sp³-hybridized carbons (Fsp3) is 0.346. The zero-order valence-electron chi connectivity index (χ0n) is 20.1. The van der Waals surface area contributed by atoms with Crippen molar-refractivity contribution in [2.24, 2.45) is 5.92 Å². The SMILES string of the molecule is CCNC(=O)c1ccc(Nc2nccc(-c3ccn(C4(CC#N)CN(C(=O)[C@@H]5CC5(F)F)C4)c3)n2)cc1. The molecule has 0 unspecified atom stereocenters. The van der Waals surface area contributed by atoms with Crippen molar-refractivity contribution >= 4 is 23.5 Å². The maximum atomic E-state index is 13.3. The molecule has 2 N–H and O–H groups in total. The van der Waals surface area contributed by atoms with Gasteiger partial charge in [-0.3, -0.25) is 9.59 Å². The van der Waals surface area contributed by atoms with E-state index in [1.165, 1.54) is 4.90 Å². The van der Waals surface area contributed by atoms with E-state index in [4.69, 9.17) is 0 Å². The summed E-state index contributed by atoms with van der Waals surface area (Å²) >= 11 is 0. The summed E-state index contributed by atoms with van der Waals surface area (Å²) in [7, 11) is 0. The van der Waals surface area contributed by atoms with Crippen LogP contribution >= 0.6 is 0 Å². The molecule has 1 saturated carbocycles. The molecule has 5 rings (SSSR count). The lowest BCUT2D eigenvalue weighted by Gasteiger charge is -2.50. The van der Waals surface area contributed by atoms with Gasteiger partial charge in [0.1, 0.15) is 5.92 Å². The zero-order valence-corrected chi connectivity index (χ0v) is 20.1. The molecule has 9 nitrogen and oxygen atoms in total. The fourth-order valence-corrected chi connectivity index (χ4v) is 4.55. The normalized spacial score (nSPS) is 18.9. The molecule has 0 radical (unpaired) electrons. The van der Waals surface area contributed by atoms with E-state index in [2.05, 4.69) is 26.7 Å². The third kappa shape index (κ3) is 4.74. The van der Waals surface area contributed by atoms with E-state index in [0.29, 0.717) is 23.8 Å². The molecule has 190 valence electrons. The highest BCUT2D eigenvalue weighted by atomic mass is 19.3. The Hall–Kier alpha value is -4.33. The first-order valence-corrected chi connectivity index (χ1v) is 12.0. The number of hydrogen-bond donors (Lipinski definition) is 2. The molecule has 2 aromatic heterocycles. The number of benzene rings is 1. The van der Waals surface area contributed by atoms with Crippen LogP contribution in [0.15, 0.2) is 55.0 Å². The standard InChI is InChI=1S/C26H25F2N7O2/c1-2-30-22(36)17-3-5-19(6-4-17)32-24-31-11-7-21(33-24)18-8-12-35(14-18)25(9-10-29)15-34(16-25)23(37)20-13-26(20,27)28/h3-8,11-12,14,20H,2,9,13,15-16H2,1H3,(H,30,36)(H,31,32,33)/t20-/m0/s1. The van der Waals surface area contributed by atoms with Crippen LogP contribution in [0.5, 0.6) is 0 Å². The monoisotopic (exact) mass is 505 g/mol. The number of alkyl halides is 2. The van der Waals surface area contributed by atoms with Crippen molar-refractivity contribution in [2.75, 3.05) is 25.0 Å². The van der Waals surface area contributed by atoms with Gasteiger partial charge in [0.05, 0.1) is 23.7 Å². The number of carbonyl (C=O) groups excluding carboxylic acids is 2. The second-order valence-electron chi connectivity index (χ2n) is 9.41. The Labute approximate surface area is 212 Å². The summed E-state index contributed by atoms with van der Waals surface area (Å²) in [5.74, 6) is -4.46. The Morgan fingerprint density at radius 2 is 1.92 bits per heavy atom. The van der Waals surface area contributed by atoms with Gasteiger partial charge in [-0.15, -0.1) is 0 Å². The van der Waals surface area contributed by atoms with Crippen LogP contribution in [-0.2, 0) is 10.3 Å². The average Bonchev–Trinajstić information content (AvgIpc) is 3.25. The number of halogens is 2. The van der Waals surface area contributed by atoms with E-state index < -0.39 is 29.7 Å². The van der Waals surface area contributed by atoms with E-state index in [9.17, 15) is 23.6 Å². The molecule has 37 heavy (non-hydrogen) atoms. The van der Waals surface area contributed by atoms with Gasteiger partial charge in [0.25, 0.3) is 11.8 Å². The second kappa shape index (κ2) is 9.28. The minimum absolute atomic E-state index is 0.143. The molecule has 1 aliphatic heterocycles. The minimum atomic E-state index is -2.91. The Bertz CT molecular complexity index is 1370. The lowest BCUT2D eigenvalue weighted by atomic mass is 9.86. The number of nitrogens with one attached hydrogen (secondary N) is 2. The van der Waals surface area contributed by atoms with Crippen molar-refractivity contribution in [3.05, 3.63) is 60.6 Å². The summed E-state index contributed by atoms with van der Waals surface area (Å²) < 4.78 is 28.5. The number of aromatic nitrogens is 3. The number of anilines is 2. The van der Waals surface area contributed by atoms with Gasteiger partial charge in [-0.25, -0.2) is 18.7 Å². The molecule has 0 spiro atoms. The smallest absolute Gasteiger partial charge is 0.260 e. The number of likely N-dealkylation sites (tertiary alicyclic amines) is 1. The number of carbonyl (C=O) groups is 2. The highest BCUT2D eigenvalue weighted by Crippen LogP contribution is 2.51. The third-order valence-corrected chi connectivity index (χ3v) is 6.75. The lowest BCUT2D eigenvalue weighted by Crippen LogP contribution is -2.64. The molecule has 0 bridgehead atoms. The first-order valence-electron chi connectivity index (χ1n) is 12.0. The first-order chi connectivity index (χ1) is 17.7. The molecule has 1 saturated heterocycles. The molecule has 3 aromatic rings. The van der Waals surface area contributed by atoms with E-state index in [-0.39, 0.29) is 25.4 Å². The highest BCUT2D eigenvalue weighted by Gasteiger charge is 2.64. The van der Waals surface area contributed by atoms with Gasteiger partial charge in [-0.2, -0.15) is 5.26 Å². The highest BCUT2D eigenvalue weighted by molar-refractivity contribution is 5.94. The van der Waals surface area contributed by atoms with Gasteiger partial charge in [-0.1, -0.05) is 0 Å². The molecule has 2 fully saturated rings. The Balaban J connectivity index is 1.28. The molecule has 11 heteroatoms. The molecule has 1 aromatic carbocycles. The number of nitriles is 1. The summed E-state index contributed by atoms with van der Waals surface area (Å²) in [6.45, 7) is 2.83. The van der Waals surface area contributed by atoms with Crippen molar-refractivity contribution in [2.45, 2.75) is 31.2 Å². The van der Waals surface area contributed by atoms with E-state index in [1.807, 2.05) is 30.0 Å². The summed E-state index contributed by atoms with van der Waals surface area (Å²) in [5.41, 5.74) is 2.04. The second-order valence-corrected chi connectivity index (χ2v) is 9.41. The van der Waals surface area contributed by atoms with Crippen LogP contribution in [0.2, 0.25) is 0 Å². The molecule has 1 aliphatic carbocycles. The number of rotatable bonds is 8. The van der Waals surface area contributed by atoms with Gasteiger partial charge in [-0.05, 0) is 43.3 Å². The topological polar surface area (TPSA) is 116 Å². The molecular formula is C26H25F2N7O2. The number of hydrogen-bond acceptors (Lipinski definition) is 6. The Morgan fingerprint density at radius 1 is 1.19 bits per heavy atom. The Kier molecular flexibility index (Phi) is 6.11. The Morgan fingerprint density at radius 3 is 2.57 bits per heavy atom. The van der Waals surface area contributed by atoms with Crippen molar-refractivity contribution in [1.29, 1.82) is 5.26 Å². The largest absolute Gasteiger partial charge is 0.352 e. The predicted molar refractivity (Wildman–Crippen MR) is 131 cm³/mol. The van der Waals surface area contributed by atoms with E-state index >= 15 is 0 Å². The summed E-state index contributed by atoms with van der Waals surface area (Å²) in [4.78, 5) is 34.5. The quantitative estimate of drug-likeness (QED) is 0.484. The summed E-state index contributed by atoms with van der Waals surface area (Å²) in [5, 5.41) is 15.3. The van der Waals surface area contributed by atoms with E-state index in [0.717, 1.165) is 11.3 Å². The molecule has 3 heterocycles. The maximum Gasteiger partial charge on any atom is 0.260 e. The maximum absolute atomic E-state index is 13.3. The summed E-state index contributed by atoms with van der Waals surface area (Å²) in [6.07, 6.45) is 5.03. The average molecular weight is 506 g/mol. The van der Waals surface area contributed by atoms with Crippen molar-refractivity contribution in [3.8, 4) is 17.3 Å². The summed E-state index contributed by atoms with van der Waals surface area (Å²) in [6, 6.07) is 12.7. The molecule has 2 amide bonds. The van der Waals surface area contributed by atoms with Crippen molar-refractivity contribution < 1.29 is 18.4 Å². The third-order valence-electron chi connectivity index (χ3n) is 6.75. The van der Waals surface area contributed by atoms with Crippen LogP contribution in [0.4, 0.5) is 20.4 Å². The predicted octanol–water partition coefficient (Wildman–Crippen LogP) is 3.54. The lowest BCUT2D eigenvalue weighted by molar-refractivity contribution is -0.145. The van der Waals surface area contributed by atoms with Crippen LogP contribution in [0, 0.1) is 17.2 Å². The van der Waals surface area contributed by atoms with Gasteiger partial charge in [0.2, 0.25) is 11.9 Å². The zero-order chi connectivity index (χ0) is 26.2. The van der Waals surface area contributed by atoms with Crippen LogP contribution in [0.1, 0.15) is 30.1 Å².